The van der Waals surface area contributed by atoms with Crippen LogP contribution in [0.1, 0.15) is 18.5 Å². The quantitative estimate of drug-likeness (QED) is 0.740. The highest BCUT2D eigenvalue weighted by atomic mass is 15.0. The van der Waals surface area contributed by atoms with Crippen LogP contribution in [0.2, 0.25) is 0 Å². The van der Waals surface area contributed by atoms with Gasteiger partial charge < -0.3 is 10.3 Å². The van der Waals surface area contributed by atoms with Crippen molar-refractivity contribution < 1.29 is 0 Å². The molecule has 2 nitrogen and oxygen atoms in total. The third-order valence-corrected chi connectivity index (χ3v) is 3.27. The van der Waals surface area contributed by atoms with E-state index in [1.165, 1.54) is 29.4 Å². The number of aromatic amines is 1. The Balaban J connectivity index is 2.15. The maximum absolute atomic E-state index is 3.49. The molecule has 1 aliphatic rings. The molecule has 1 aromatic heterocycles. The highest BCUT2D eigenvalue weighted by Crippen LogP contribution is 2.45. The van der Waals surface area contributed by atoms with Gasteiger partial charge in [0.15, 0.2) is 0 Å². The van der Waals surface area contributed by atoms with Crippen molar-refractivity contribution in [2.24, 2.45) is 0 Å². The molecule has 0 aliphatic heterocycles. The third-order valence-electron chi connectivity index (χ3n) is 3.27. The highest BCUT2D eigenvalue weighted by Gasteiger charge is 2.43. The molecule has 1 fully saturated rings. The number of para-hydroxylation sites is 1. The van der Waals surface area contributed by atoms with Crippen LogP contribution in [-0.2, 0) is 5.54 Å². The molecule has 0 bridgehead atoms. The van der Waals surface area contributed by atoms with Gasteiger partial charge in [0.1, 0.15) is 0 Å². The van der Waals surface area contributed by atoms with Gasteiger partial charge in [-0.05, 0) is 37.4 Å². The molecule has 0 atom stereocenters. The number of benzene rings is 1. The summed E-state index contributed by atoms with van der Waals surface area (Å²) < 4.78 is 0. The topological polar surface area (TPSA) is 27.8 Å². The van der Waals surface area contributed by atoms with Crippen molar-refractivity contribution in [2.45, 2.75) is 18.4 Å². The van der Waals surface area contributed by atoms with Crippen molar-refractivity contribution in [3.63, 3.8) is 0 Å². The first kappa shape index (κ1) is 8.06. The van der Waals surface area contributed by atoms with E-state index in [4.69, 9.17) is 0 Å². The van der Waals surface area contributed by atoms with Gasteiger partial charge in [0.25, 0.3) is 0 Å². The van der Waals surface area contributed by atoms with E-state index >= 15 is 0 Å². The predicted octanol–water partition coefficient (Wildman–Crippen LogP) is 2.38. The van der Waals surface area contributed by atoms with Gasteiger partial charge in [-0.1, -0.05) is 18.2 Å². The Bertz CT molecular complexity index is 433. The maximum atomic E-state index is 3.49. The summed E-state index contributed by atoms with van der Waals surface area (Å²) >= 11 is 0. The van der Waals surface area contributed by atoms with Gasteiger partial charge in [-0.3, -0.25) is 0 Å². The van der Waals surface area contributed by atoms with Crippen molar-refractivity contribution in [2.75, 3.05) is 7.05 Å². The van der Waals surface area contributed by atoms with E-state index < -0.39 is 0 Å². The number of hydrogen-bond acceptors (Lipinski definition) is 1. The summed E-state index contributed by atoms with van der Waals surface area (Å²) in [6, 6.07) is 10.7. The lowest BCUT2D eigenvalue weighted by Crippen LogP contribution is -2.24. The van der Waals surface area contributed by atoms with Crippen LogP contribution in [-0.4, -0.2) is 12.0 Å². The molecule has 0 spiro atoms. The zero-order chi connectivity index (χ0) is 9.60. The number of H-pyrrole nitrogens is 1. The van der Waals surface area contributed by atoms with E-state index in [1.54, 1.807) is 0 Å². The summed E-state index contributed by atoms with van der Waals surface area (Å²) in [7, 11) is 2.04. The molecule has 72 valence electrons. The van der Waals surface area contributed by atoms with Crippen LogP contribution < -0.4 is 5.32 Å². The SMILES string of the molecule is CNC1(c2cc3ccccc3[nH]2)CC1. The lowest BCUT2D eigenvalue weighted by atomic mass is 10.2. The zero-order valence-electron chi connectivity index (χ0n) is 8.30. The van der Waals surface area contributed by atoms with Crippen LogP contribution in [0.15, 0.2) is 30.3 Å². The molecule has 0 radical (unpaired) electrons. The number of fused-ring (bicyclic) bond motifs is 1. The summed E-state index contributed by atoms with van der Waals surface area (Å²) in [5.41, 5.74) is 2.82. The van der Waals surface area contributed by atoms with E-state index in [1.807, 2.05) is 7.05 Å². The largest absolute Gasteiger partial charge is 0.357 e. The lowest BCUT2D eigenvalue weighted by molar-refractivity contribution is 0.572. The van der Waals surface area contributed by atoms with Crippen molar-refractivity contribution in [1.29, 1.82) is 0 Å². The second kappa shape index (κ2) is 2.61. The Labute approximate surface area is 83.3 Å². The molecule has 3 rings (SSSR count). The Morgan fingerprint density at radius 1 is 1.29 bits per heavy atom. The first-order chi connectivity index (χ1) is 6.84. The van der Waals surface area contributed by atoms with Gasteiger partial charge >= 0.3 is 0 Å². The molecule has 1 aromatic carbocycles. The van der Waals surface area contributed by atoms with Gasteiger partial charge in [0.05, 0.1) is 5.54 Å². The van der Waals surface area contributed by atoms with Crippen LogP contribution in [0.3, 0.4) is 0 Å². The summed E-state index contributed by atoms with van der Waals surface area (Å²) in [4.78, 5) is 3.49. The van der Waals surface area contributed by atoms with E-state index in [-0.39, 0.29) is 5.54 Å². The van der Waals surface area contributed by atoms with Gasteiger partial charge in [-0.15, -0.1) is 0 Å². The molecule has 1 heterocycles. The molecule has 0 saturated heterocycles. The fourth-order valence-corrected chi connectivity index (χ4v) is 2.11. The summed E-state index contributed by atoms with van der Waals surface area (Å²) in [5.74, 6) is 0. The molecule has 0 amide bonds. The van der Waals surface area contributed by atoms with Gasteiger partial charge in [0.2, 0.25) is 0 Å². The Hall–Kier alpha value is -1.28. The van der Waals surface area contributed by atoms with E-state index in [9.17, 15) is 0 Å². The first-order valence-corrected chi connectivity index (χ1v) is 5.11. The maximum Gasteiger partial charge on any atom is 0.0586 e. The molecule has 2 aromatic rings. The minimum Gasteiger partial charge on any atom is -0.357 e. The second-order valence-corrected chi connectivity index (χ2v) is 4.10. The van der Waals surface area contributed by atoms with Crippen LogP contribution in [0.4, 0.5) is 0 Å². The van der Waals surface area contributed by atoms with Crippen LogP contribution >= 0.6 is 0 Å². The van der Waals surface area contributed by atoms with Crippen molar-refractivity contribution >= 4 is 10.9 Å². The minimum absolute atomic E-state index is 0.249. The smallest absolute Gasteiger partial charge is 0.0586 e. The second-order valence-electron chi connectivity index (χ2n) is 4.10. The standard InChI is InChI=1S/C12H14N2/c1-13-12(6-7-12)11-8-9-4-2-3-5-10(9)14-11/h2-5,8,13-14H,6-7H2,1H3. The minimum atomic E-state index is 0.249. The van der Waals surface area contributed by atoms with E-state index in [2.05, 4.69) is 40.6 Å². The van der Waals surface area contributed by atoms with Crippen molar-refractivity contribution in [1.82, 2.24) is 10.3 Å². The fraction of sp³-hybridized carbons (Fsp3) is 0.333. The monoisotopic (exact) mass is 186 g/mol. The van der Waals surface area contributed by atoms with Crippen LogP contribution in [0.25, 0.3) is 10.9 Å². The normalized spacial score (nSPS) is 18.6. The Morgan fingerprint density at radius 2 is 2.07 bits per heavy atom. The third kappa shape index (κ3) is 1.01. The van der Waals surface area contributed by atoms with Crippen molar-refractivity contribution in [3.05, 3.63) is 36.0 Å². The highest BCUT2D eigenvalue weighted by molar-refractivity contribution is 5.80. The van der Waals surface area contributed by atoms with Crippen LogP contribution in [0, 0.1) is 0 Å². The lowest BCUT2D eigenvalue weighted by Gasteiger charge is -2.10. The molecule has 2 N–H and O–H groups in total. The van der Waals surface area contributed by atoms with E-state index in [0.29, 0.717) is 0 Å². The molecule has 14 heavy (non-hydrogen) atoms. The van der Waals surface area contributed by atoms with Gasteiger partial charge in [-0.2, -0.15) is 0 Å². The number of rotatable bonds is 2. The van der Waals surface area contributed by atoms with Gasteiger partial charge in [-0.25, -0.2) is 0 Å². The Morgan fingerprint density at radius 3 is 2.71 bits per heavy atom. The Kier molecular flexibility index (Phi) is 1.50. The first-order valence-electron chi connectivity index (χ1n) is 5.11. The van der Waals surface area contributed by atoms with Gasteiger partial charge in [0, 0.05) is 11.2 Å². The molecular formula is C12H14N2. The average Bonchev–Trinajstić information content (AvgIpc) is 2.91. The molecule has 1 saturated carbocycles. The number of nitrogens with one attached hydrogen (secondary N) is 2. The molecule has 1 aliphatic carbocycles. The molecule has 2 heteroatoms. The van der Waals surface area contributed by atoms with Crippen LogP contribution in [0.5, 0.6) is 0 Å². The molecular weight excluding hydrogens is 172 g/mol. The van der Waals surface area contributed by atoms with E-state index in [0.717, 1.165) is 0 Å². The summed E-state index contributed by atoms with van der Waals surface area (Å²) in [6.45, 7) is 0. The molecule has 0 unspecified atom stereocenters. The number of aromatic nitrogens is 1. The predicted molar refractivity (Wildman–Crippen MR) is 58.3 cm³/mol. The fourth-order valence-electron chi connectivity index (χ4n) is 2.11. The average molecular weight is 186 g/mol. The summed E-state index contributed by atoms with van der Waals surface area (Å²) in [5, 5.41) is 4.71. The zero-order valence-corrected chi connectivity index (χ0v) is 8.30. The van der Waals surface area contributed by atoms with Crippen molar-refractivity contribution in [3.8, 4) is 0 Å². The number of hydrogen-bond donors (Lipinski definition) is 2. The summed E-state index contributed by atoms with van der Waals surface area (Å²) in [6.07, 6.45) is 2.49.